The fourth-order valence-electron chi connectivity index (χ4n) is 4.50. The summed E-state index contributed by atoms with van der Waals surface area (Å²) >= 11 is 0. The fourth-order valence-corrected chi connectivity index (χ4v) is 4.50. The van der Waals surface area contributed by atoms with Crippen LogP contribution in [0.25, 0.3) is 16.5 Å². The van der Waals surface area contributed by atoms with E-state index >= 15 is 0 Å². The van der Waals surface area contributed by atoms with Crippen molar-refractivity contribution in [2.24, 2.45) is 11.8 Å². The number of rotatable bonds is 4. The van der Waals surface area contributed by atoms with Gasteiger partial charge in [0.2, 0.25) is 0 Å². The minimum absolute atomic E-state index is 0.0317. The molecule has 31 heavy (non-hydrogen) atoms. The summed E-state index contributed by atoms with van der Waals surface area (Å²) in [5, 5.41) is 15.5. The summed E-state index contributed by atoms with van der Waals surface area (Å²) in [5.41, 5.74) is 4.52. The predicted octanol–water partition coefficient (Wildman–Crippen LogP) is 6.25. The maximum Gasteiger partial charge on any atom is 0.150 e. The van der Waals surface area contributed by atoms with Crippen molar-refractivity contribution >= 4 is 16.5 Å². The molecule has 3 atom stereocenters. The first-order valence-electron chi connectivity index (χ1n) is 11.1. The molecule has 1 aliphatic carbocycles. The molecule has 0 amide bonds. The van der Waals surface area contributed by atoms with E-state index in [1.165, 1.54) is 12.0 Å². The zero-order valence-electron chi connectivity index (χ0n) is 17.8. The second-order valence-electron chi connectivity index (χ2n) is 8.52. The lowest BCUT2D eigenvalue weighted by atomic mass is 9.85. The van der Waals surface area contributed by atoms with E-state index in [0.717, 1.165) is 41.5 Å². The van der Waals surface area contributed by atoms with Crippen molar-refractivity contribution < 1.29 is 9.84 Å². The van der Waals surface area contributed by atoms with Crippen LogP contribution in [0.3, 0.4) is 0 Å². The molecule has 2 heterocycles. The molecular formula is C27H28N2O2. The van der Waals surface area contributed by atoms with Gasteiger partial charge in [-0.1, -0.05) is 55.5 Å². The van der Waals surface area contributed by atoms with Crippen molar-refractivity contribution in [1.82, 2.24) is 9.78 Å². The van der Waals surface area contributed by atoms with Gasteiger partial charge in [-0.2, -0.15) is 5.10 Å². The Morgan fingerprint density at radius 2 is 1.87 bits per heavy atom. The molecule has 1 aliphatic heterocycles. The number of benzene rings is 2. The summed E-state index contributed by atoms with van der Waals surface area (Å²) in [5.74, 6) is 1.04. The van der Waals surface area contributed by atoms with E-state index in [9.17, 15) is 5.11 Å². The molecule has 3 aromatic rings. The smallest absolute Gasteiger partial charge is 0.150 e. The Morgan fingerprint density at radius 1 is 1.06 bits per heavy atom. The lowest BCUT2D eigenvalue weighted by Gasteiger charge is -2.23. The molecule has 1 saturated heterocycles. The third-order valence-corrected chi connectivity index (χ3v) is 6.34. The minimum atomic E-state index is 0.0317. The van der Waals surface area contributed by atoms with E-state index in [-0.39, 0.29) is 12.0 Å². The Hall–Kier alpha value is -3.11. The molecule has 2 aromatic carbocycles. The quantitative estimate of drug-likeness (QED) is 0.551. The lowest BCUT2D eigenvalue weighted by Crippen LogP contribution is -2.18. The van der Waals surface area contributed by atoms with Crippen LogP contribution in [0, 0.1) is 11.8 Å². The lowest BCUT2D eigenvalue weighted by molar-refractivity contribution is -0.0366. The number of allylic oxidation sites excluding steroid dienone is 5. The monoisotopic (exact) mass is 412 g/mol. The normalized spacial score (nSPS) is 24.0. The molecule has 5 rings (SSSR count). The van der Waals surface area contributed by atoms with E-state index in [1.54, 1.807) is 12.1 Å². The summed E-state index contributed by atoms with van der Waals surface area (Å²) in [7, 11) is 0. The molecule has 4 heteroatoms. The van der Waals surface area contributed by atoms with Crippen LogP contribution in [0.4, 0.5) is 0 Å². The van der Waals surface area contributed by atoms with E-state index in [0.29, 0.717) is 11.8 Å². The number of hydrogen-bond acceptors (Lipinski definition) is 3. The average molecular weight is 413 g/mol. The van der Waals surface area contributed by atoms with E-state index in [1.807, 2.05) is 23.0 Å². The summed E-state index contributed by atoms with van der Waals surface area (Å²) in [6.45, 7) is 3.05. The molecule has 1 aromatic heterocycles. The molecule has 1 fully saturated rings. The third kappa shape index (κ3) is 4.08. The van der Waals surface area contributed by atoms with Crippen molar-refractivity contribution in [2.75, 3.05) is 6.61 Å². The number of hydrogen-bond donors (Lipinski definition) is 1. The Balaban J connectivity index is 1.56. The van der Waals surface area contributed by atoms with Crippen molar-refractivity contribution in [3.8, 4) is 5.75 Å². The highest BCUT2D eigenvalue weighted by atomic mass is 16.5. The Morgan fingerprint density at radius 3 is 2.65 bits per heavy atom. The van der Waals surface area contributed by atoms with Crippen LogP contribution in [0.1, 0.15) is 43.5 Å². The molecule has 1 N–H and O–H groups in total. The zero-order chi connectivity index (χ0) is 21.2. The summed E-state index contributed by atoms with van der Waals surface area (Å²) in [6, 6.07) is 14.0. The van der Waals surface area contributed by atoms with Gasteiger partial charge >= 0.3 is 0 Å². The number of phenolic OH excluding ortho intramolecular Hbond substituents is 1. The molecule has 158 valence electrons. The van der Waals surface area contributed by atoms with Crippen LogP contribution < -0.4 is 0 Å². The number of fused-ring (bicyclic) bond motifs is 1. The van der Waals surface area contributed by atoms with Crippen LogP contribution in [0.2, 0.25) is 0 Å². The zero-order valence-corrected chi connectivity index (χ0v) is 17.8. The van der Waals surface area contributed by atoms with Gasteiger partial charge in [0.1, 0.15) is 5.75 Å². The molecule has 0 radical (unpaired) electrons. The number of nitrogens with zero attached hydrogens (tertiary/aromatic N) is 2. The number of phenols is 1. The molecule has 3 unspecified atom stereocenters. The first-order chi connectivity index (χ1) is 15.2. The van der Waals surface area contributed by atoms with Crippen LogP contribution >= 0.6 is 0 Å². The molecule has 4 nitrogen and oxygen atoms in total. The van der Waals surface area contributed by atoms with E-state index in [4.69, 9.17) is 4.74 Å². The van der Waals surface area contributed by atoms with Gasteiger partial charge in [0.05, 0.1) is 11.7 Å². The first-order valence-corrected chi connectivity index (χ1v) is 11.1. The SMILES string of the molecule is CC1C=CC=CC1/C=C(\c1ccc(O)cc1)c1ccc2c(cnn2C2CCCCO2)c1. The minimum Gasteiger partial charge on any atom is -0.508 e. The van der Waals surface area contributed by atoms with Gasteiger partial charge in [0.15, 0.2) is 6.23 Å². The van der Waals surface area contributed by atoms with Crippen molar-refractivity contribution in [3.05, 3.63) is 90.2 Å². The maximum absolute atomic E-state index is 9.78. The standard InChI is InChI=1S/C27H28N2O2/c1-19-6-2-3-7-21(19)17-25(20-9-12-24(30)13-10-20)22-11-14-26-23(16-22)18-28-29(26)27-8-4-5-15-31-27/h2-3,6-7,9-14,16-19,21,27,30H,4-5,8,15H2,1H3/b25-17+. The molecule has 0 saturated carbocycles. The highest BCUT2D eigenvalue weighted by Crippen LogP contribution is 2.33. The van der Waals surface area contributed by atoms with Gasteiger partial charge < -0.3 is 9.84 Å². The topological polar surface area (TPSA) is 47.3 Å². The molecule has 2 aliphatic rings. The number of aromatic hydroxyl groups is 1. The summed E-state index contributed by atoms with van der Waals surface area (Å²) in [4.78, 5) is 0. The van der Waals surface area contributed by atoms with Crippen molar-refractivity contribution in [2.45, 2.75) is 32.4 Å². The highest BCUT2D eigenvalue weighted by Gasteiger charge is 2.20. The molecular weight excluding hydrogens is 384 g/mol. The average Bonchev–Trinajstić information content (AvgIpc) is 3.23. The highest BCUT2D eigenvalue weighted by molar-refractivity contribution is 5.88. The Kier molecular flexibility index (Phi) is 5.47. The number of aromatic nitrogens is 2. The van der Waals surface area contributed by atoms with Crippen molar-refractivity contribution in [3.63, 3.8) is 0 Å². The van der Waals surface area contributed by atoms with Crippen LogP contribution in [-0.2, 0) is 4.74 Å². The van der Waals surface area contributed by atoms with Crippen LogP contribution in [-0.4, -0.2) is 21.5 Å². The van der Waals surface area contributed by atoms with Crippen LogP contribution in [0.5, 0.6) is 5.75 Å². The van der Waals surface area contributed by atoms with Gasteiger partial charge in [-0.3, -0.25) is 0 Å². The molecule has 0 spiro atoms. The second kappa shape index (κ2) is 8.56. The van der Waals surface area contributed by atoms with E-state index in [2.05, 4.69) is 60.6 Å². The summed E-state index contributed by atoms with van der Waals surface area (Å²) < 4.78 is 7.98. The number of ether oxygens (including phenoxy) is 1. The Labute approximate surface area is 183 Å². The third-order valence-electron chi connectivity index (χ3n) is 6.34. The van der Waals surface area contributed by atoms with Gasteiger partial charge in [-0.05, 0) is 66.1 Å². The largest absolute Gasteiger partial charge is 0.508 e. The van der Waals surface area contributed by atoms with Gasteiger partial charge in [-0.15, -0.1) is 0 Å². The van der Waals surface area contributed by atoms with Gasteiger partial charge in [0.25, 0.3) is 0 Å². The van der Waals surface area contributed by atoms with Gasteiger partial charge in [-0.25, -0.2) is 4.68 Å². The van der Waals surface area contributed by atoms with E-state index < -0.39 is 0 Å². The van der Waals surface area contributed by atoms with Gasteiger partial charge in [0, 0.05) is 17.9 Å². The maximum atomic E-state index is 9.78. The fraction of sp³-hybridized carbons (Fsp3) is 0.296. The first kappa shape index (κ1) is 19.8. The molecule has 0 bridgehead atoms. The summed E-state index contributed by atoms with van der Waals surface area (Å²) in [6.07, 6.45) is 16.4. The van der Waals surface area contributed by atoms with Crippen LogP contribution in [0.15, 0.2) is 79.0 Å². The predicted molar refractivity (Wildman–Crippen MR) is 125 cm³/mol. The second-order valence-corrected chi connectivity index (χ2v) is 8.52. The van der Waals surface area contributed by atoms with Crippen molar-refractivity contribution in [1.29, 1.82) is 0 Å². The Bertz CT molecular complexity index is 1150.